The second-order valence-corrected chi connectivity index (χ2v) is 3.70. The van der Waals surface area contributed by atoms with E-state index in [9.17, 15) is 4.79 Å². The molecule has 0 saturated carbocycles. The Hall–Kier alpha value is -1.81. The van der Waals surface area contributed by atoms with Crippen LogP contribution >= 0.6 is 0 Å². The number of aliphatic hydroxyl groups is 1. The van der Waals surface area contributed by atoms with Crippen molar-refractivity contribution in [3.8, 4) is 5.75 Å². The van der Waals surface area contributed by atoms with Crippen LogP contribution in [0, 0.1) is 0 Å². The highest BCUT2D eigenvalue weighted by Crippen LogP contribution is 2.12. The van der Waals surface area contributed by atoms with Gasteiger partial charge in [0.2, 0.25) is 5.91 Å². The minimum absolute atomic E-state index is 0.0862. The lowest BCUT2D eigenvalue weighted by atomic mass is 10.2. The topological polar surface area (TPSA) is 58.6 Å². The zero-order valence-electron chi connectivity index (χ0n) is 10.6. The van der Waals surface area contributed by atoms with E-state index in [1.807, 2.05) is 31.2 Å². The number of nitrogens with one attached hydrogen (secondary N) is 1. The average molecular weight is 249 g/mol. The molecule has 0 aromatic heterocycles. The molecular weight excluding hydrogens is 230 g/mol. The quantitative estimate of drug-likeness (QED) is 0.570. The summed E-state index contributed by atoms with van der Waals surface area (Å²) < 4.78 is 5.32. The fourth-order valence-electron chi connectivity index (χ4n) is 1.36. The summed E-state index contributed by atoms with van der Waals surface area (Å²) in [6, 6.07) is 7.52. The predicted molar refractivity (Wildman–Crippen MR) is 71.4 cm³/mol. The number of carbonyl (C=O) groups is 1. The first-order valence-corrected chi connectivity index (χ1v) is 6.06. The molecule has 2 N–H and O–H groups in total. The van der Waals surface area contributed by atoms with E-state index in [0.717, 1.165) is 11.3 Å². The van der Waals surface area contributed by atoms with Gasteiger partial charge in [0, 0.05) is 19.2 Å². The van der Waals surface area contributed by atoms with Crippen molar-refractivity contribution in [1.82, 2.24) is 5.32 Å². The van der Waals surface area contributed by atoms with Crippen molar-refractivity contribution in [2.24, 2.45) is 0 Å². The van der Waals surface area contributed by atoms with Gasteiger partial charge < -0.3 is 15.2 Å². The number of aliphatic hydroxyl groups excluding tert-OH is 1. The molecule has 0 heterocycles. The molecular formula is C14H19NO3. The highest BCUT2D eigenvalue weighted by Gasteiger charge is 1.95. The zero-order chi connectivity index (χ0) is 13.2. The van der Waals surface area contributed by atoms with Crippen LogP contribution in [0.4, 0.5) is 0 Å². The third-order valence-electron chi connectivity index (χ3n) is 2.25. The van der Waals surface area contributed by atoms with Gasteiger partial charge in [-0.25, -0.2) is 0 Å². The van der Waals surface area contributed by atoms with Crippen molar-refractivity contribution in [2.75, 3.05) is 19.8 Å². The summed E-state index contributed by atoms with van der Waals surface area (Å²) in [5, 5.41) is 11.3. The average Bonchev–Trinajstić information content (AvgIpc) is 2.39. The summed E-state index contributed by atoms with van der Waals surface area (Å²) in [6.45, 7) is 3.15. The van der Waals surface area contributed by atoms with E-state index in [4.69, 9.17) is 9.84 Å². The molecule has 0 atom stereocenters. The molecule has 1 aromatic carbocycles. The molecule has 0 fully saturated rings. The predicted octanol–water partition coefficient (Wildman–Crippen LogP) is 1.60. The van der Waals surface area contributed by atoms with Gasteiger partial charge in [-0.15, -0.1) is 0 Å². The Morgan fingerprint density at radius 3 is 2.72 bits per heavy atom. The normalized spacial score (nSPS) is 10.6. The first-order valence-electron chi connectivity index (χ1n) is 6.06. The molecule has 1 amide bonds. The third kappa shape index (κ3) is 5.50. The first-order chi connectivity index (χ1) is 8.76. The van der Waals surface area contributed by atoms with E-state index in [1.165, 1.54) is 6.08 Å². The summed E-state index contributed by atoms with van der Waals surface area (Å²) in [7, 11) is 0. The second kappa shape index (κ2) is 8.31. The molecule has 0 bridgehead atoms. The Morgan fingerprint density at radius 1 is 1.39 bits per heavy atom. The van der Waals surface area contributed by atoms with Gasteiger partial charge >= 0.3 is 0 Å². The Bertz CT molecular complexity index is 385. The molecule has 18 heavy (non-hydrogen) atoms. The van der Waals surface area contributed by atoms with Gasteiger partial charge in [0.25, 0.3) is 0 Å². The Morgan fingerprint density at radius 2 is 2.11 bits per heavy atom. The fourth-order valence-corrected chi connectivity index (χ4v) is 1.36. The van der Waals surface area contributed by atoms with Crippen molar-refractivity contribution in [3.05, 3.63) is 35.9 Å². The van der Waals surface area contributed by atoms with Crippen LogP contribution in [0.5, 0.6) is 5.75 Å². The van der Waals surface area contributed by atoms with Gasteiger partial charge in [0.05, 0.1) is 6.61 Å². The molecule has 1 aromatic rings. The molecule has 4 nitrogen and oxygen atoms in total. The van der Waals surface area contributed by atoms with E-state index in [1.54, 1.807) is 6.08 Å². The number of amides is 1. The van der Waals surface area contributed by atoms with Crippen molar-refractivity contribution in [3.63, 3.8) is 0 Å². The van der Waals surface area contributed by atoms with Gasteiger partial charge in [0.1, 0.15) is 5.75 Å². The molecule has 0 aliphatic rings. The maximum atomic E-state index is 11.4. The fraction of sp³-hybridized carbons (Fsp3) is 0.357. The van der Waals surface area contributed by atoms with Crippen LogP contribution in [-0.2, 0) is 4.79 Å². The second-order valence-electron chi connectivity index (χ2n) is 3.70. The van der Waals surface area contributed by atoms with Crippen LogP contribution in [0.3, 0.4) is 0 Å². The number of benzene rings is 1. The molecule has 0 aliphatic carbocycles. The third-order valence-corrected chi connectivity index (χ3v) is 2.25. The molecule has 98 valence electrons. The summed E-state index contributed by atoms with van der Waals surface area (Å²) in [5.74, 6) is 0.666. The minimum Gasteiger partial charge on any atom is -0.494 e. The largest absolute Gasteiger partial charge is 0.494 e. The Labute approximate surface area is 107 Å². The molecule has 0 saturated heterocycles. The summed E-state index contributed by atoms with van der Waals surface area (Å²) >= 11 is 0. The van der Waals surface area contributed by atoms with E-state index in [0.29, 0.717) is 19.6 Å². The zero-order valence-corrected chi connectivity index (χ0v) is 10.6. The minimum atomic E-state index is -0.155. The number of hydrogen-bond donors (Lipinski definition) is 2. The van der Waals surface area contributed by atoms with Crippen molar-refractivity contribution in [2.45, 2.75) is 13.3 Å². The lowest BCUT2D eigenvalue weighted by Gasteiger charge is -2.02. The summed E-state index contributed by atoms with van der Waals surface area (Å²) in [6.07, 6.45) is 3.79. The molecule has 4 heteroatoms. The first kappa shape index (κ1) is 14.3. The molecule has 1 rings (SSSR count). The van der Waals surface area contributed by atoms with Gasteiger partial charge in [0.15, 0.2) is 0 Å². The molecule has 0 aliphatic heterocycles. The standard InChI is InChI=1S/C14H19NO3/c1-2-18-13-7-4-12(5-8-13)6-9-14(17)15-10-3-11-16/h4-9,16H,2-3,10-11H2,1H3,(H,15,17)/b9-6+. The Kier molecular flexibility index (Phi) is 6.58. The van der Waals surface area contributed by atoms with Crippen LogP contribution < -0.4 is 10.1 Å². The lowest BCUT2D eigenvalue weighted by Crippen LogP contribution is -2.22. The number of rotatable bonds is 7. The van der Waals surface area contributed by atoms with E-state index < -0.39 is 0 Å². The van der Waals surface area contributed by atoms with Crippen molar-refractivity contribution < 1.29 is 14.6 Å². The van der Waals surface area contributed by atoms with E-state index in [-0.39, 0.29) is 12.5 Å². The van der Waals surface area contributed by atoms with Crippen LogP contribution in [0.25, 0.3) is 6.08 Å². The van der Waals surface area contributed by atoms with E-state index >= 15 is 0 Å². The lowest BCUT2D eigenvalue weighted by molar-refractivity contribution is -0.116. The highest BCUT2D eigenvalue weighted by molar-refractivity contribution is 5.91. The van der Waals surface area contributed by atoms with Crippen LogP contribution in [-0.4, -0.2) is 30.8 Å². The molecule has 0 spiro atoms. The van der Waals surface area contributed by atoms with Crippen LogP contribution in [0.15, 0.2) is 30.3 Å². The smallest absolute Gasteiger partial charge is 0.244 e. The highest BCUT2D eigenvalue weighted by atomic mass is 16.5. The summed E-state index contributed by atoms with van der Waals surface area (Å²) in [4.78, 5) is 11.4. The Balaban J connectivity index is 2.43. The number of carbonyl (C=O) groups excluding carboxylic acids is 1. The number of ether oxygens (including phenoxy) is 1. The maximum absolute atomic E-state index is 11.4. The van der Waals surface area contributed by atoms with Gasteiger partial charge in [-0.05, 0) is 37.1 Å². The number of hydrogen-bond acceptors (Lipinski definition) is 3. The van der Waals surface area contributed by atoms with Crippen molar-refractivity contribution in [1.29, 1.82) is 0 Å². The van der Waals surface area contributed by atoms with Gasteiger partial charge in [-0.2, -0.15) is 0 Å². The van der Waals surface area contributed by atoms with Gasteiger partial charge in [-0.1, -0.05) is 12.1 Å². The monoisotopic (exact) mass is 249 g/mol. The SMILES string of the molecule is CCOc1ccc(/C=C/C(=O)NCCCO)cc1. The van der Waals surface area contributed by atoms with Crippen LogP contribution in [0.1, 0.15) is 18.9 Å². The van der Waals surface area contributed by atoms with Crippen molar-refractivity contribution >= 4 is 12.0 Å². The molecule has 0 radical (unpaired) electrons. The van der Waals surface area contributed by atoms with E-state index in [2.05, 4.69) is 5.32 Å². The maximum Gasteiger partial charge on any atom is 0.244 e. The van der Waals surface area contributed by atoms with Crippen LogP contribution in [0.2, 0.25) is 0 Å². The summed E-state index contributed by atoms with van der Waals surface area (Å²) in [5.41, 5.74) is 0.941. The van der Waals surface area contributed by atoms with Gasteiger partial charge in [-0.3, -0.25) is 4.79 Å². The molecule has 0 unspecified atom stereocenters.